The zero-order valence-electron chi connectivity index (χ0n) is 8.62. The van der Waals surface area contributed by atoms with Crippen molar-refractivity contribution in [1.29, 1.82) is 0 Å². The van der Waals surface area contributed by atoms with E-state index in [1.807, 2.05) is 0 Å². The molecule has 0 spiro atoms. The molecule has 0 aromatic carbocycles. The maximum Gasteiger partial charge on any atom is 0.140 e. The highest BCUT2D eigenvalue weighted by molar-refractivity contribution is 5.17. The smallest absolute Gasteiger partial charge is 0.140 e. The topological polar surface area (TPSA) is 63.8 Å². The van der Waals surface area contributed by atoms with Gasteiger partial charge in [0.1, 0.15) is 11.9 Å². The normalized spacial score (nSPS) is 12.7. The van der Waals surface area contributed by atoms with Crippen molar-refractivity contribution in [3.8, 4) is 0 Å². The quantitative estimate of drug-likeness (QED) is 0.778. The van der Waals surface area contributed by atoms with Crippen LogP contribution < -0.4 is 0 Å². The van der Waals surface area contributed by atoms with Crippen molar-refractivity contribution in [3.05, 3.63) is 41.7 Å². The van der Waals surface area contributed by atoms with E-state index in [0.717, 1.165) is 0 Å². The van der Waals surface area contributed by atoms with Crippen LogP contribution in [-0.4, -0.2) is 24.9 Å². The van der Waals surface area contributed by atoms with Gasteiger partial charge in [-0.2, -0.15) is 5.10 Å². The van der Waals surface area contributed by atoms with Crippen LogP contribution in [0.5, 0.6) is 0 Å². The summed E-state index contributed by atoms with van der Waals surface area (Å²) in [5.74, 6) is 0.641. The molecule has 0 aliphatic carbocycles. The maximum atomic E-state index is 9.96. The Morgan fingerprint density at radius 1 is 1.33 bits per heavy atom. The Bertz CT molecular complexity index is 466. The second-order valence-electron chi connectivity index (χ2n) is 3.35. The van der Waals surface area contributed by atoms with Crippen molar-refractivity contribution in [2.24, 2.45) is 7.05 Å². The number of aryl methyl sites for hydroxylation is 2. The lowest BCUT2D eigenvalue weighted by molar-refractivity contribution is 0.209. The van der Waals surface area contributed by atoms with Crippen LogP contribution in [0.3, 0.4) is 0 Å². The number of aromatic nitrogens is 4. The SMILES string of the molecule is Cc1nccc(C(O)c2ccn(C)n2)n1. The molecule has 0 bridgehead atoms. The van der Waals surface area contributed by atoms with Crippen molar-refractivity contribution in [2.75, 3.05) is 0 Å². The van der Waals surface area contributed by atoms with Crippen molar-refractivity contribution >= 4 is 0 Å². The van der Waals surface area contributed by atoms with Gasteiger partial charge in [-0.3, -0.25) is 4.68 Å². The summed E-state index contributed by atoms with van der Waals surface area (Å²) in [4.78, 5) is 8.12. The molecule has 2 rings (SSSR count). The van der Waals surface area contributed by atoms with Gasteiger partial charge in [-0.1, -0.05) is 0 Å². The van der Waals surface area contributed by atoms with E-state index in [0.29, 0.717) is 17.2 Å². The molecule has 0 saturated heterocycles. The zero-order valence-corrected chi connectivity index (χ0v) is 8.62. The molecule has 78 valence electrons. The summed E-state index contributed by atoms with van der Waals surface area (Å²) in [6.07, 6.45) is 2.63. The number of rotatable bonds is 2. The first kappa shape index (κ1) is 9.79. The Morgan fingerprint density at radius 2 is 2.13 bits per heavy atom. The van der Waals surface area contributed by atoms with Gasteiger partial charge < -0.3 is 5.11 Å². The third-order valence-electron chi connectivity index (χ3n) is 2.09. The minimum Gasteiger partial charge on any atom is -0.380 e. The van der Waals surface area contributed by atoms with Crippen LogP contribution in [0.1, 0.15) is 23.3 Å². The molecule has 1 unspecified atom stereocenters. The van der Waals surface area contributed by atoms with Crippen LogP contribution >= 0.6 is 0 Å². The van der Waals surface area contributed by atoms with E-state index in [1.54, 1.807) is 43.2 Å². The van der Waals surface area contributed by atoms with Gasteiger partial charge in [-0.15, -0.1) is 0 Å². The molecular formula is C10H12N4O. The monoisotopic (exact) mass is 204 g/mol. The molecule has 2 heterocycles. The second kappa shape index (κ2) is 3.78. The molecule has 2 aromatic heterocycles. The van der Waals surface area contributed by atoms with Gasteiger partial charge >= 0.3 is 0 Å². The summed E-state index contributed by atoms with van der Waals surface area (Å²) < 4.78 is 1.65. The summed E-state index contributed by atoms with van der Waals surface area (Å²) >= 11 is 0. The minimum atomic E-state index is -0.784. The molecule has 0 saturated carbocycles. The van der Waals surface area contributed by atoms with Crippen molar-refractivity contribution in [1.82, 2.24) is 19.7 Å². The molecule has 5 heteroatoms. The van der Waals surface area contributed by atoms with Gasteiger partial charge in [-0.05, 0) is 19.1 Å². The number of nitrogens with zero attached hydrogens (tertiary/aromatic N) is 4. The molecule has 0 radical (unpaired) electrons. The van der Waals surface area contributed by atoms with Crippen molar-refractivity contribution in [2.45, 2.75) is 13.0 Å². The van der Waals surface area contributed by atoms with Crippen LogP contribution in [-0.2, 0) is 7.05 Å². The summed E-state index contributed by atoms with van der Waals surface area (Å²) in [6, 6.07) is 3.45. The molecule has 1 N–H and O–H groups in total. The van der Waals surface area contributed by atoms with Gasteiger partial charge in [0.25, 0.3) is 0 Å². The third kappa shape index (κ3) is 2.02. The molecule has 5 nitrogen and oxygen atoms in total. The zero-order chi connectivity index (χ0) is 10.8. The van der Waals surface area contributed by atoms with Gasteiger partial charge in [-0.25, -0.2) is 9.97 Å². The maximum absolute atomic E-state index is 9.96. The largest absolute Gasteiger partial charge is 0.380 e. The molecule has 15 heavy (non-hydrogen) atoms. The summed E-state index contributed by atoms with van der Waals surface area (Å²) in [5, 5.41) is 14.1. The Hall–Kier alpha value is -1.75. The molecule has 2 aromatic rings. The average molecular weight is 204 g/mol. The lowest BCUT2D eigenvalue weighted by atomic mass is 10.2. The number of hydrogen-bond donors (Lipinski definition) is 1. The van der Waals surface area contributed by atoms with Gasteiger partial charge in [0.2, 0.25) is 0 Å². The predicted molar refractivity (Wildman–Crippen MR) is 54.0 cm³/mol. The lowest BCUT2D eigenvalue weighted by Crippen LogP contribution is -2.05. The Balaban J connectivity index is 2.32. The fourth-order valence-corrected chi connectivity index (χ4v) is 1.36. The van der Waals surface area contributed by atoms with Crippen molar-refractivity contribution < 1.29 is 5.11 Å². The lowest BCUT2D eigenvalue weighted by Gasteiger charge is -2.06. The Labute approximate surface area is 87.4 Å². The van der Waals surface area contributed by atoms with E-state index in [9.17, 15) is 5.11 Å². The van der Waals surface area contributed by atoms with E-state index < -0.39 is 6.10 Å². The van der Waals surface area contributed by atoms with Gasteiger partial charge in [0.15, 0.2) is 0 Å². The summed E-state index contributed by atoms with van der Waals surface area (Å²) in [5.41, 5.74) is 1.16. The molecule has 0 aliphatic heterocycles. The van der Waals surface area contributed by atoms with Crippen LogP contribution in [0, 0.1) is 6.92 Å². The highest BCUT2D eigenvalue weighted by Crippen LogP contribution is 2.17. The fourth-order valence-electron chi connectivity index (χ4n) is 1.36. The minimum absolute atomic E-state index is 0.571. The standard InChI is InChI=1S/C10H12N4O/c1-7-11-5-3-8(12-7)10(15)9-4-6-14(2)13-9/h3-6,10,15H,1-2H3. The first-order chi connectivity index (χ1) is 7.16. The van der Waals surface area contributed by atoms with Crippen LogP contribution in [0.15, 0.2) is 24.5 Å². The van der Waals surface area contributed by atoms with Crippen molar-refractivity contribution in [3.63, 3.8) is 0 Å². The van der Waals surface area contributed by atoms with E-state index in [2.05, 4.69) is 15.1 Å². The number of aliphatic hydroxyl groups is 1. The first-order valence-electron chi connectivity index (χ1n) is 4.64. The highest BCUT2D eigenvalue weighted by atomic mass is 16.3. The summed E-state index contributed by atoms with van der Waals surface area (Å²) in [6.45, 7) is 1.79. The summed E-state index contributed by atoms with van der Waals surface area (Å²) in [7, 11) is 1.81. The third-order valence-corrected chi connectivity index (χ3v) is 2.09. The molecular weight excluding hydrogens is 192 g/mol. The average Bonchev–Trinajstić information content (AvgIpc) is 2.64. The number of hydrogen-bond acceptors (Lipinski definition) is 4. The van der Waals surface area contributed by atoms with Crippen LogP contribution in [0.2, 0.25) is 0 Å². The second-order valence-corrected chi connectivity index (χ2v) is 3.35. The highest BCUT2D eigenvalue weighted by Gasteiger charge is 2.14. The molecule has 0 amide bonds. The fraction of sp³-hybridized carbons (Fsp3) is 0.300. The van der Waals surface area contributed by atoms with Crippen LogP contribution in [0.25, 0.3) is 0 Å². The van der Waals surface area contributed by atoms with E-state index in [1.165, 1.54) is 0 Å². The van der Waals surface area contributed by atoms with E-state index >= 15 is 0 Å². The number of aliphatic hydroxyl groups excluding tert-OH is 1. The Morgan fingerprint density at radius 3 is 2.73 bits per heavy atom. The molecule has 1 atom stereocenters. The van der Waals surface area contributed by atoms with Gasteiger partial charge in [0.05, 0.1) is 11.4 Å². The molecule has 0 aliphatic rings. The molecule has 0 fully saturated rings. The predicted octanol–water partition coefficient (Wildman–Crippen LogP) is 0.600. The van der Waals surface area contributed by atoms with Gasteiger partial charge in [0, 0.05) is 19.4 Å². The van der Waals surface area contributed by atoms with E-state index in [-0.39, 0.29) is 0 Å². The van der Waals surface area contributed by atoms with E-state index in [4.69, 9.17) is 0 Å². The van der Waals surface area contributed by atoms with Crippen LogP contribution in [0.4, 0.5) is 0 Å². The first-order valence-corrected chi connectivity index (χ1v) is 4.64. The Kier molecular flexibility index (Phi) is 2.47.